The van der Waals surface area contributed by atoms with Crippen LogP contribution in [-0.4, -0.2) is 48.8 Å². The molecule has 0 radical (unpaired) electrons. The lowest BCUT2D eigenvalue weighted by molar-refractivity contribution is -0.158. The van der Waals surface area contributed by atoms with Gasteiger partial charge >= 0.3 is 0 Å². The minimum atomic E-state index is -3.80. The Morgan fingerprint density at radius 3 is 2.19 bits per heavy atom. The smallest absolute Gasteiger partial charge is 0.233 e. The highest BCUT2D eigenvalue weighted by Gasteiger charge is 2.27. The SMILES string of the molecule is CC#COc1ccc(S(=O)(=O)CC(c2ccc(CN(CC)CC)cc2)N(O)C=O)cc1. The minimum absolute atomic E-state index is 0.0618. The Kier molecular flexibility index (Phi) is 9.06. The molecule has 31 heavy (non-hydrogen) atoms. The summed E-state index contributed by atoms with van der Waals surface area (Å²) in [5, 5.41) is 10.5. The van der Waals surface area contributed by atoms with E-state index in [9.17, 15) is 18.4 Å². The number of sulfone groups is 1. The molecule has 2 aromatic carbocycles. The van der Waals surface area contributed by atoms with Crippen LogP contribution in [0.4, 0.5) is 0 Å². The summed E-state index contributed by atoms with van der Waals surface area (Å²) >= 11 is 0. The van der Waals surface area contributed by atoms with Crippen LogP contribution in [-0.2, 0) is 21.2 Å². The van der Waals surface area contributed by atoms with Gasteiger partial charge in [0.05, 0.1) is 16.7 Å². The topological polar surface area (TPSA) is 87.2 Å². The van der Waals surface area contributed by atoms with Crippen molar-refractivity contribution in [3.8, 4) is 17.8 Å². The van der Waals surface area contributed by atoms with Gasteiger partial charge in [0.15, 0.2) is 9.84 Å². The molecule has 0 aliphatic rings. The Morgan fingerprint density at radius 2 is 1.68 bits per heavy atom. The van der Waals surface area contributed by atoms with Crippen LogP contribution in [0.2, 0.25) is 0 Å². The monoisotopic (exact) mass is 444 g/mol. The first-order valence-corrected chi connectivity index (χ1v) is 11.6. The zero-order valence-electron chi connectivity index (χ0n) is 18.0. The van der Waals surface area contributed by atoms with Crippen molar-refractivity contribution in [2.45, 2.75) is 38.3 Å². The number of nitrogens with zero attached hydrogens (tertiary/aromatic N) is 2. The normalized spacial score (nSPS) is 12.0. The van der Waals surface area contributed by atoms with Gasteiger partial charge < -0.3 is 4.74 Å². The van der Waals surface area contributed by atoms with Crippen molar-refractivity contribution in [1.29, 1.82) is 0 Å². The first-order valence-electron chi connectivity index (χ1n) is 9.99. The molecule has 0 heterocycles. The average Bonchev–Trinajstić information content (AvgIpc) is 2.80. The van der Waals surface area contributed by atoms with E-state index in [0.29, 0.717) is 16.4 Å². The molecule has 0 saturated carbocycles. The highest BCUT2D eigenvalue weighted by atomic mass is 32.2. The zero-order chi connectivity index (χ0) is 22.9. The summed E-state index contributed by atoms with van der Waals surface area (Å²) in [6, 6.07) is 12.0. The van der Waals surface area contributed by atoms with E-state index in [0.717, 1.165) is 25.2 Å². The van der Waals surface area contributed by atoms with Crippen LogP contribution in [0.15, 0.2) is 53.4 Å². The lowest BCUT2D eigenvalue weighted by atomic mass is 10.1. The van der Waals surface area contributed by atoms with E-state index < -0.39 is 21.6 Å². The van der Waals surface area contributed by atoms with Gasteiger partial charge in [0, 0.05) is 13.5 Å². The van der Waals surface area contributed by atoms with Crippen LogP contribution in [0.3, 0.4) is 0 Å². The molecule has 2 rings (SSSR count). The number of carbonyl (C=O) groups is 1. The van der Waals surface area contributed by atoms with Crippen LogP contribution in [0.25, 0.3) is 0 Å². The minimum Gasteiger partial charge on any atom is -0.408 e. The number of ether oxygens (including phenoxy) is 1. The Labute approximate surface area is 184 Å². The molecule has 0 saturated heterocycles. The fourth-order valence-electron chi connectivity index (χ4n) is 3.08. The number of amides is 1. The van der Waals surface area contributed by atoms with Gasteiger partial charge in [0.1, 0.15) is 11.9 Å². The zero-order valence-corrected chi connectivity index (χ0v) is 18.8. The van der Waals surface area contributed by atoms with E-state index >= 15 is 0 Å². The van der Waals surface area contributed by atoms with Gasteiger partial charge in [-0.1, -0.05) is 44.0 Å². The molecule has 8 heteroatoms. The summed E-state index contributed by atoms with van der Waals surface area (Å²) < 4.78 is 31.0. The lowest BCUT2D eigenvalue weighted by Gasteiger charge is -2.24. The van der Waals surface area contributed by atoms with Crippen LogP contribution in [0, 0.1) is 12.0 Å². The second-order valence-corrected chi connectivity index (χ2v) is 8.95. The van der Waals surface area contributed by atoms with Gasteiger partial charge in [-0.3, -0.25) is 14.9 Å². The molecule has 1 atom stereocenters. The third-order valence-electron chi connectivity index (χ3n) is 4.92. The highest BCUT2D eigenvalue weighted by Crippen LogP contribution is 2.25. The van der Waals surface area contributed by atoms with Crippen molar-refractivity contribution in [1.82, 2.24) is 9.96 Å². The molecular formula is C23H28N2O5S. The van der Waals surface area contributed by atoms with Crippen molar-refractivity contribution >= 4 is 16.2 Å². The third kappa shape index (κ3) is 6.82. The summed E-state index contributed by atoms with van der Waals surface area (Å²) in [7, 11) is -3.80. The number of hydrogen-bond acceptors (Lipinski definition) is 6. The summed E-state index contributed by atoms with van der Waals surface area (Å²) in [4.78, 5) is 13.5. The van der Waals surface area contributed by atoms with Gasteiger partial charge in [-0.2, -0.15) is 0 Å². The van der Waals surface area contributed by atoms with Crippen molar-refractivity contribution in [3.05, 3.63) is 59.7 Å². The van der Waals surface area contributed by atoms with Crippen LogP contribution in [0.1, 0.15) is 37.9 Å². The maximum Gasteiger partial charge on any atom is 0.233 e. The number of hydroxylamine groups is 2. The quantitative estimate of drug-likeness (QED) is 0.248. The molecule has 0 fully saturated rings. The van der Waals surface area contributed by atoms with Crippen LogP contribution < -0.4 is 4.74 Å². The fraction of sp³-hybridized carbons (Fsp3) is 0.348. The molecule has 1 N–H and O–H groups in total. The van der Waals surface area contributed by atoms with Gasteiger partial charge in [-0.25, -0.2) is 13.5 Å². The van der Waals surface area contributed by atoms with Crippen LogP contribution >= 0.6 is 0 Å². The Morgan fingerprint density at radius 1 is 1.06 bits per heavy atom. The molecule has 2 aromatic rings. The molecule has 0 aliphatic carbocycles. The van der Waals surface area contributed by atoms with Gasteiger partial charge in [-0.05, 0) is 48.5 Å². The molecule has 0 bridgehead atoms. The molecule has 0 aliphatic heterocycles. The second kappa shape index (κ2) is 11.5. The Bertz CT molecular complexity index is 1000. The highest BCUT2D eigenvalue weighted by molar-refractivity contribution is 7.91. The number of hydrogen-bond donors (Lipinski definition) is 1. The van der Waals surface area contributed by atoms with Crippen molar-refractivity contribution in [2.24, 2.45) is 0 Å². The summed E-state index contributed by atoms with van der Waals surface area (Å²) in [5.41, 5.74) is 1.59. The van der Waals surface area contributed by atoms with E-state index in [4.69, 9.17) is 4.74 Å². The summed E-state index contributed by atoms with van der Waals surface area (Å²) in [6.45, 7) is 8.41. The lowest BCUT2D eigenvalue weighted by Crippen LogP contribution is -2.30. The van der Waals surface area contributed by atoms with E-state index in [1.54, 1.807) is 19.1 Å². The maximum atomic E-state index is 12.9. The fourth-order valence-corrected chi connectivity index (χ4v) is 4.58. The molecule has 0 spiro atoms. The predicted octanol–water partition coefficient (Wildman–Crippen LogP) is 3.25. The van der Waals surface area contributed by atoms with E-state index in [1.807, 2.05) is 12.1 Å². The molecular weight excluding hydrogens is 416 g/mol. The van der Waals surface area contributed by atoms with Crippen LogP contribution in [0.5, 0.6) is 5.75 Å². The molecule has 1 unspecified atom stereocenters. The molecule has 7 nitrogen and oxygen atoms in total. The number of carbonyl (C=O) groups excluding carboxylic acids is 1. The maximum absolute atomic E-state index is 12.9. The van der Waals surface area contributed by atoms with Gasteiger partial charge in [0.2, 0.25) is 6.41 Å². The van der Waals surface area contributed by atoms with Gasteiger partial charge in [0.25, 0.3) is 0 Å². The predicted molar refractivity (Wildman–Crippen MR) is 118 cm³/mol. The first kappa shape index (κ1) is 24.4. The molecule has 0 aromatic heterocycles. The summed E-state index contributed by atoms with van der Waals surface area (Å²) in [5.74, 6) is 2.54. The van der Waals surface area contributed by atoms with Crippen molar-refractivity contribution < 1.29 is 23.2 Å². The standard InChI is InChI=1S/C23H28N2O5S/c1-4-15-30-21-11-13-22(14-12-21)31(28,29)17-23(25(27)18-26)20-9-7-19(8-10-20)16-24(5-2)6-3/h7-14,18,23,27H,5-6,16-17H2,1-3H3. The van der Waals surface area contributed by atoms with E-state index in [1.165, 1.54) is 24.3 Å². The first-order chi connectivity index (χ1) is 14.8. The number of rotatable bonds is 11. The average molecular weight is 445 g/mol. The molecule has 1 amide bonds. The Balaban J connectivity index is 2.24. The number of benzene rings is 2. The van der Waals surface area contributed by atoms with Crippen molar-refractivity contribution in [2.75, 3.05) is 18.8 Å². The Hall–Kier alpha value is -2.86. The second-order valence-electron chi connectivity index (χ2n) is 6.91. The van der Waals surface area contributed by atoms with E-state index in [-0.39, 0.29) is 11.3 Å². The van der Waals surface area contributed by atoms with Crippen molar-refractivity contribution in [3.63, 3.8) is 0 Å². The van der Waals surface area contributed by atoms with Gasteiger partial charge in [-0.15, -0.1) is 0 Å². The van der Waals surface area contributed by atoms with E-state index in [2.05, 4.69) is 30.8 Å². The summed E-state index contributed by atoms with van der Waals surface area (Å²) in [6.07, 6.45) is 2.65. The molecule has 166 valence electrons. The largest absolute Gasteiger partial charge is 0.408 e. The third-order valence-corrected chi connectivity index (χ3v) is 6.67.